The first-order valence-electron chi connectivity index (χ1n) is 9.92. The quantitative estimate of drug-likeness (QED) is 0.579. The molecule has 1 atom stereocenters. The van der Waals surface area contributed by atoms with Crippen LogP contribution in [-0.2, 0) is 11.2 Å². The summed E-state index contributed by atoms with van der Waals surface area (Å²) >= 11 is 0. The number of rotatable bonds is 4. The van der Waals surface area contributed by atoms with Crippen LogP contribution >= 0.6 is 0 Å². The summed E-state index contributed by atoms with van der Waals surface area (Å²) in [6.45, 7) is 11.0. The molecule has 0 amide bonds. The maximum Gasteiger partial charge on any atom is 0.162 e. The molecule has 1 heteroatoms. The van der Waals surface area contributed by atoms with Crippen LogP contribution in [0.5, 0.6) is 0 Å². The van der Waals surface area contributed by atoms with E-state index < -0.39 is 0 Å². The van der Waals surface area contributed by atoms with E-state index in [0.29, 0.717) is 5.78 Å². The molecule has 0 heterocycles. The zero-order valence-electron chi connectivity index (χ0n) is 17.2. The lowest BCUT2D eigenvalue weighted by Crippen LogP contribution is -2.14. The molecule has 0 N–H and O–H groups in total. The minimum absolute atomic E-state index is 0.125. The van der Waals surface area contributed by atoms with Crippen LogP contribution in [0.15, 0.2) is 48.1 Å². The van der Waals surface area contributed by atoms with Crippen LogP contribution < -0.4 is 0 Å². The summed E-state index contributed by atoms with van der Waals surface area (Å²) in [4.78, 5) is 12.9. The summed E-state index contributed by atoms with van der Waals surface area (Å²) in [6, 6.07) is 10.2. The van der Waals surface area contributed by atoms with Gasteiger partial charge in [-0.1, -0.05) is 48.6 Å². The van der Waals surface area contributed by atoms with Crippen molar-refractivity contribution in [3.63, 3.8) is 0 Å². The van der Waals surface area contributed by atoms with Gasteiger partial charge in [-0.05, 0) is 98.4 Å². The molecule has 1 nitrogen and oxygen atoms in total. The summed E-state index contributed by atoms with van der Waals surface area (Å²) in [5.74, 6) is 0.461. The third-order valence-corrected chi connectivity index (χ3v) is 6.44. The van der Waals surface area contributed by atoms with Crippen LogP contribution in [0.1, 0.15) is 51.8 Å². The average molecular weight is 359 g/mol. The third kappa shape index (κ3) is 3.98. The van der Waals surface area contributed by atoms with Gasteiger partial charge in [0, 0.05) is 5.92 Å². The van der Waals surface area contributed by atoms with Gasteiger partial charge in [0.1, 0.15) is 0 Å². The van der Waals surface area contributed by atoms with E-state index in [9.17, 15) is 4.79 Å². The predicted octanol–water partition coefficient (Wildman–Crippen LogP) is 6.39. The van der Waals surface area contributed by atoms with Gasteiger partial charge in [-0.15, -0.1) is 0 Å². The van der Waals surface area contributed by atoms with Crippen LogP contribution in [0.25, 0.3) is 6.08 Å². The minimum atomic E-state index is 0.125. The van der Waals surface area contributed by atoms with Crippen molar-refractivity contribution in [2.24, 2.45) is 5.92 Å². The van der Waals surface area contributed by atoms with Crippen molar-refractivity contribution in [2.45, 2.75) is 53.9 Å². The normalized spacial score (nSPS) is 18.8. The Morgan fingerprint density at radius 1 is 0.889 bits per heavy atom. The Hall–Kier alpha value is -2.41. The molecule has 0 radical (unpaired) electrons. The number of allylic oxidation sites excluding steroid dienone is 3. The molecular formula is C26H30O. The number of benzene rings is 2. The van der Waals surface area contributed by atoms with E-state index in [4.69, 9.17) is 0 Å². The highest BCUT2D eigenvalue weighted by Crippen LogP contribution is 2.34. The highest BCUT2D eigenvalue weighted by Gasteiger charge is 2.30. The van der Waals surface area contributed by atoms with E-state index in [1.54, 1.807) is 0 Å². The Labute approximate surface area is 163 Å². The van der Waals surface area contributed by atoms with Crippen molar-refractivity contribution in [1.82, 2.24) is 0 Å². The standard InChI is InChI=1S/C26H30O/c1-17-18(2)20(4)25(21(5)19(17)3)16-24-15-14-23(26(24)27)13-9-12-22-10-7-6-8-11-22/h6-13,24H,14-16H2,1-5H3/t24-/m0/s1. The first kappa shape index (κ1) is 19.4. The predicted molar refractivity (Wildman–Crippen MR) is 115 cm³/mol. The highest BCUT2D eigenvalue weighted by molar-refractivity contribution is 5.99. The SMILES string of the molecule is Cc1c(C)c(C)c(C[C@@H]2CCC(=CC=Cc3ccccc3)C2=O)c(C)c1C. The fourth-order valence-corrected chi connectivity index (χ4v) is 4.18. The van der Waals surface area contributed by atoms with Gasteiger partial charge in [-0.25, -0.2) is 0 Å². The van der Waals surface area contributed by atoms with Crippen molar-refractivity contribution >= 4 is 11.9 Å². The van der Waals surface area contributed by atoms with E-state index in [0.717, 1.165) is 30.4 Å². The fraction of sp³-hybridized carbons (Fsp3) is 0.346. The number of hydrogen-bond acceptors (Lipinski definition) is 1. The summed E-state index contributed by atoms with van der Waals surface area (Å²) in [5, 5.41) is 0. The highest BCUT2D eigenvalue weighted by atomic mass is 16.1. The van der Waals surface area contributed by atoms with E-state index in [1.165, 1.54) is 33.4 Å². The molecule has 1 fully saturated rings. The molecular weight excluding hydrogens is 328 g/mol. The zero-order valence-corrected chi connectivity index (χ0v) is 17.2. The van der Waals surface area contributed by atoms with Gasteiger partial charge in [0.15, 0.2) is 5.78 Å². The molecule has 2 aromatic rings. The molecule has 0 aliphatic heterocycles. The van der Waals surface area contributed by atoms with Gasteiger partial charge in [0.25, 0.3) is 0 Å². The van der Waals surface area contributed by atoms with Crippen molar-refractivity contribution in [3.05, 3.63) is 87.0 Å². The van der Waals surface area contributed by atoms with Gasteiger partial charge in [0.05, 0.1) is 0 Å². The fourth-order valence-electron chi connectivity index (χ4n) is 4.18. The molecule has 2 aromatic carbocycles. The first-order chi connectivity index (χ1) is 12.9. The molecule has 140 valence electrons. The molecule has 27 heavy (non-hydrogen) atoms. The minimum Gasteiger partial charge on any atom is -0.294 e. The first-order valence-corrected chi connectivity index (χ1v) is 9.92. The lowest BCUT2D eigenvalue weighted by atomic mass is 9.84. The molecule has 3 rings (SSSR count). The Morgan fingerprint density at radius 3 is 2.11 bits per heavy atom. The van der Waals surface area contributed by atoms with Gasteiger partial charge in [0.2, 0.25) is 0 Å². The summed E-state index contributed by atoms with van der Waals surface area (Å²) < 4.78 is 0. The number of carbonyl (C=O) groups is 1. The van der Waals surface area contributed by atoms with E-state index >= 15 is 0 Å². The summed E-state index contributed by atoms with van der Waals surface area (Å²) in [6.07, 6.45) is 8.83. The van der Waals surface area contributed by atoms with E-state index in [-0.39, 0.29) is 5.92 Å². The molecule has 0 spiro atoms. The Morgan fingerprint density at radius 2 is 1.48 bits per heavy atom. The van der Waals surface area contributed by atoms with Crippen LogP contribution in [0, 0.1) is 40.5 Å². The maximum atomic E-state index is 12.9. The zero-order chi connectivity index (χ0) is 19.6. The monoisotopic (exact) mass is 358 g/mol. The molecule has 1 saturated carbocycles. The molecule has 0 unspecified atom stereocenters. The van der Waals surface area contributed by atoms with Crippen molar-refractivity contribution in [2.75, 3.05) is 0 Å². The second kappa shape index (κ2) is 8.08. The summed E-state index contributed by atoms with van der Waals surface area (Å²) in [7, 11) is 0. The lowest BCUT2D eigenvalue weighted by Gasteiger charge is -2.20. The largest absolute Gasteiger partial charge is 0.294 e. The molecule has 0 bridgehead atoms. The topological polar surface area (TPSA) is 17.1 Å². The van der Waals surface area contributed by atoms with Crippen molar-refractivity contribution in [1.29, 1.82) is 0 Å². The molecule has 1 aliphatic carbocycles. The van der Waals surface area contributed by atoms with Gasteiger partial charge in [-0.3, -0.25) is 4.79 Å². The van der Waals surface area contributed by atoms with Crippen molar-refractivity contribution < 1.29 is 4.79 Å². The van der Waals surface area contributed by atoms with Gasteiger partial charge < -0.3 is 0 Å². The molecule has 0 aromatic heterocycles. The number of hydrogen-bond donors (Lipinski definition) is 0. The maximum absolute atomic E-state index is 12.9. The van der Waals surface area contributed by atoms with Crippen molar-refractivity contribution in [3.8, 4) is 0 Å². The molecule has 0 saturated heterocycles. The summed E-state index contributed by atoms with van der Waals surface area (Å²) in [5.41, 5.74) is 10.4. The Bertz CT molecular complexity index is 884. The van der Waals surface area contributed by atoms with Crippen LogP contribution in [0.4, 0.5) is 0 Å². The third-order valence-electron chi connectivity index (χ3n) is 6.44. The van der Waals surface area contributed by atoms with Crippen LogP contribution in [-0.4, -0.2) is 5.78 Å². The van der Waals surface area contributed by atoms with E-state index in [2.05, 4.69) is 52.8 Å². The second-order valence-corrected chi connectivity index (χ2v) is 7.87. The number of carbonyl (C=O) groups excluding carboxylic acids is 1. The lowest BCUT2D eigenvalue weighted by molar-refractivity contribution is -0.117. The number of Topliss-reactive ketones (excluding diaryl/α,β-unsaturated/α-hetero) is 1. The second-order valence-electron chi connectivity index (χ2n) is 7.87. The van der Waals surface area contributed by atoms with Gasteiger partial charge in [-0.2, -0.15) is 0 Å². The average Bonchev–Trinajstić information content (AvgIpc) is 3.02. The van der Waals surface area contributed by atoms with Crippen LogP contribution in [0.2, 0.25) is 0 Å². The van der Waals surface area contributed by atoms with Crippen LogP contribution in [0.3, 0.4) is 0 Å². The molecule has 1 aliphatic rings. The Kier molecular flexibility index (Phi) is 5.79. The number of ketones is 1. The van der Waals surface area contributed by atoms with E-state index in [1.807, 2.05) is 30.4 Å². The smallest absolute Gasteiger partial charge is 0.162 e. The Balaban J connectivity index is 1.77. The van der Waals surface area contributed by atoms with Gasteiger partial charge >= 0.3 is 0 Å².